The standard InChI is InChI=1S/C37H40F4N8O2/c1-3-29(50)49-18-36(19-49)8-10-46(11-9-36)34-26-12-25(22-5-6-22)31(30-21(2)4-7-28-27(30)13-42-45-28)33(51-20-37(39,40)41)32(26)43-35(44-34)48-16-24(17-48)47-14-23(38)15-47/h3-4,7,12-13,22-24H,1,5-6,8-11,14-20H2,2H3,(H,42,45). The highest BCUT2D eigenvalue weighted by Crippen LogP contribution is 2.53. The number of benzene rings is 2. The number of amides is 1. The first kappa shape index (κ1) is 32.4. The predicted molar refractivity (Wildman–Crippen MR) is 186 cm³/mol. The van der Waals surface area contributed by atoms with E-state index in [1.54, 1.807) is 6.20 Å². The Kier molecular flexibility index (Phi) is 7.50. The fraction of sp³-hybridized carbons (Fsp3) is 0.514. The summed E-state index contributed by atoms with van der Waals surface area (Å²) in [6.45, 7) is 8.90. The molecule has 0 radical (unpaired) electrons. The average Bonchev–Trinajstić information content (AvgIpc) is 3.80. The summed E-state index contributed by atoms with van der Waals surface area (Å²) in [6.07, 6.45) is 1.24. The molecule has 0 unspecified atom stereocenters. The van der Waals surface area contributed by atoms with E-state index < -0.39 is 19.0 Å². The van der Waals surface area contributed by atoms with E-state index in [1.165, 1.54) is 6.08 Å². The Morgan fingerprint density at radius 2 is 1.80 bits per heavy atom. The van der Waals surface area contributed by atoms with Crippen LogP contribution >= 0.6 is 0 Å². The highest BCUT2D eigenvalue weighted by Gasteiger charge is 2.47. The van der Waals surface area contributed by atoms with Crippen molar-refractivity contribution in [3.63, 3.8) is 0 Å². The molecule has 1 saturated carbocycles. The molecule has 0 bridgehead atoms. The first-order chi connectivity index (χ1) is 24.5. The van der Waals surface area contributed by atoms with Gasteiger partial charge in [-0.1, -0.05) is 12.6 Å². The Hall–Kier alpha value is -4.46. The lowest BCUT2D eigenvalue weighted by Gasteiger charge is -2.54. The Balaban J connectivity index is 1.19. The summed E-state index contributed by atoms with van der Waals surface area (Å²) in [5, 5.41) is 8.76. The number of piperidine rings is 1. The number of halogens is 4. The first-order valence-corrected chi connectivity index (χ1v) is 17.8. The number of rotatable bonds is 8. The summed E-state index contributed by atoms with van der Waals surface area (Å²) in [5.41, 5.74) is 4.41. The van der Waals surface area contributed by atoms with Gasteiger partial charge in [-0.2, -0.15) is 23.3 Å². The normalized spacial score (nSPS) is 21.2. The fourth-order valence-corrected chi connectivity index (χ4v) is 8.50. The second-order valence-corrected chi connectivity index (χ2v) is 15.2. The van der Waals surface area contributed by atoms with E-state index in [0.29, 0.717) is 80.6 Å². The van der Waals surface area contributed by atoms with Crippen LogP contribution in [-0.2, 0) is 4.79 Å². The number of hydrogen-bond acceptors (Lipinski definition) is 8. The van der Waals surface area contributed by atoms with E-state index in [4.69, 9.17) is 14.7 Å². The van der Waals surface area contributed by atoms with Gasteiger partial charge < -0.3 is 19.4 Å². The number of likely N-dealkylation sites (tertiary alicyclic amines) is 2. The molecule has 1 amide bonds. The number of aromatic nitrogens is 4. The molecule has 2 aromatic carbocycles. The number of aryl methyl sites for hydroxylation is 1. The zero-order valence-electron chi connectivity index (χ0n) is 28.5. The number of H-pyrrole nitrogens is 1. The van der Waals surface area contributed by atoms with Gasteiger partial charge in [0.15, 0.2) is 12.4 Å². The van der Waals surface area contributed by atoms with Crippen LogP contribution in [-0.4, -0.2) is 113 Å². The molecule has 2 aromatic heterocycles. The van der Waals surface area contributed by atoms with Crippen molar-refractivity contribution in [3.8, 4) is 16.9 Å². The largest absolute Gasteiger partial charge is 0.481 e. The second-order valence-electron chi connectivity index (χ2n) is 15.2. The van der Waals surface area contributed by atoms with E-state index in [2.05, 4.69) is 32.6 Å². The van der Waals surface area contributed by atoms with Crippen LogP contribution in [0.5, 0.6) is 5.75 Å². The minimum atomic E-state index is -4.57. The van der Waals surface area contributed by atoms with Crippen molar-refractivity contribution < 1.29 is 27.1 Å². The van der Waals surface area contributed by atoms with Crippen molar-refractivity contribution in [2.45, 2.75) is 56.9 Å². The van der Waals surface area contributed by atoms with Crippen LogP contribution in [0, 0.1) is 12.3 Å². The van der Waals surface area contributed by atoms with Crippen molar-refractivity contribution in [2.75, 3.05) is 68.8 Å². The molecule has 6 heterocycles. The maximum atomic E-state index is 14.0. The molecule has 0 atom stereocenters. The Bertz CT molecular complexity index is 2030. The number of anilines is 2. The lowest BCUT2D eigenvalue weighted by molar-refractivity contribution is -0.153. The minimum absolute atomic E-state index is 0.0329. The van der Waals surface area contributed by atoms with Gasteiger partial charge in [0, 0.05) is 80.2 Å². The molecule has 14 heteroatoms. The summed E-state index contributed by atoms with van der Waals surface area (Å²) in [4.78, 5) is 30.6. The average molecular weight is 705 g/mol. The summed E-state index contributed by atoms with van der Waals surface area (Å²) >= 11 is 0. The fourth-order valence-electron chi connectivity index (χ4n) is 8.50. The van der Waals surface area contributed by atoms with Crippen LogP contribution in [0.1, 0.15) is 42.7 Å². The molecule has 4 aromatic rings. The van der Waals surface area contributed by atoms with E-state index >= 15 is 0 Å². The van der Waals surface area contributed by atoms with Gasteiger partial charge in [-0.3, -0.25) is 14.8 Å². The molecule has 51 heavy (non-hydrogen) atoms. The number of nitrogens with zero attached hydrogens (tertiary/aromatic N) is 7. The van der Waals surface area contributed by atoms with Gasteiger partial charge in [0.2, 0.25) is 11.9 Å². The first-order valence-electron chi connectivity index (χ1n) is 17.8. The number of carbonyl (C=O) groups excluding carboxylic acids is 1. The minimum Gasteiger partial charge on any atom is -0.481 e. The number of nitrogens with one attached hydrogen (secondary N) is 1. The number of hydrogen-bond donors (Lipinski definition) is 1. The van der Waals surface area contributed by atoms with E-state index in [1.807, 2.05) is 28.9 Å². The van der Waals surface area contributed by atoms with Crippen molar-refractivity contribution in [3.05, 3.63) is 48.2 Å². The van der Waals surface area contributed by atoms with Gasteiger partial charge in [0.05, 0.1) is 11.7 Å². The molecule has 5 aliphatic rings. The molecular weight excluding hydrogens is 664 g/mol. The van der Waals surface area contributed by atoms with Gasteiger partial charge in [-0.15, -0.1) is 0 Å². The lowest BCUT2D eigenvalue weighted by Crippen LogP contribution is -2.66. The van der Waals surface area contributed by atoms with E-state index in [-0.39, 0.29) is 29.0 Å². The van der Waals surface area contributed by atoms with Gasteiger partial charge in [-0.25, -0.2) is 9.37 Å². The summed E-state index contributed by atoms with van der Waals surface area (Å²) < 4.78 is 61.6. The van der Waals surface area contributed by atoms with Crippen LogP contribution in [0.4, 0.5) is 29.3 Å². The van der Waals surface area contributed by atoms with E-state index in [0.717, 1.165) is 53.3 Å². The van der Waals surface area contributed by atoms with E-state index in [9.17, 15) is 22.4 Å². The Labute approximate surface area is 292 Å². The maximum absolute atomic E-state index is 14.0. The van der Waals surface area contributed by atoms with Crippen LogP contribution in [0.15, 0.2) is 37.1 Å². The molecule has 10 nitrogen and oxygen atoms in total. The zero-order chi connectivity index (χ0) is 35.2. The second kappa shape index (κ2) is 11.8. The molecule has 268 valence electrons. The number of carbonyl (C=O) groups is 1. The Morgan fingerprint density at radius 3 is 2.47 bits per heavy atom. The number of fused-ring (bicyclic) bond motifs is 2. The molecule has 4 aliphatic heterocycles. The zero-order valence-corrected chi connectivity index (χ0v) is 28.5. The van der Waals surface area contributed by atoms with Crippen LogP contribution < -0.4 is 14.5 Å². The third-order valence-electron chi connectivity index (χ3n) is 11.6. The maximum Gasteiger partial charge on any atom is 0.422 e. The van der Waals surface area contributed by atoms with Crippen molar-refractivity contribution in [1.29, 1.82) is 0 Å². The van der Waals surface area contributed by atoms with Gasteiger partial charge in [-0.05, 0) is 73.4 Å². The molecule has 5 fully saturated rings. The molecule has 9 rings (SSSR count). The third-order valence-corrected chi connectivity index (χ3v) is 11.6. The van der Waals surface area contributed by atoms with Gasteiger partial charge in [0.25, 0.3) is 0 Å². The van der Waals surface area contributed by atoms with Crippen LogP contribution in [0.25, 0.3) is 32.9 Å². The van der Waals surface area contributed by atoms with Gasteiger partial charge in [0.1, 0.15) is 17.5 Å². The van der Waals surface area contributed by atoms with Crippen LogP contribution in [0.3, 0.4) is 0 Å². The van der Waals surface area contributed by atoms with Crippen LogP contribution in [0.2, 0.25) is 0 Å². The third kappa shape index (κ3) is 5.66. The summed E-state index contributed by atoms with van der Waals surface area (Å²) in [6, 6.07) is 6.14. The van der Waals surface area contributed by atoms with Crippen molar-refractivity contribution in [2.24, 2.45) is 5.41 Å². The highest BCUT2D eigenvalue weighted by molar-refractivity contribution is 6.06. The summed E-state index contributed by atoms with van der Waals surface area (Å²) in [5.74, 6) is 1.32. The Morgan fingerprint density at radius 1 is 1.06 bits per heavy atom. The van der Waals surface area contributed by atoms with Gasteiger partial charge >= 0.3 is 6.18 Å². The quantitative estimate of drug-likeness (QED) is 0.183. The number of alkyl halides is 4. The smallest absolute Gasteiger partial charge is 0.422 e. The molecule has 1 spiro atoms. The van der Waals surface area contributed by atoms with Crippen molar-refractivity contribution >= 4 is 39.5 Å². The molecule has 4 saturated heterocycles. The number of ether oxygens (including phenoxy) is 1. The number of aromatic amines is 1. The topological polar surface area (TPSA) is 93.7 Å². The van der Waals surface area contributed by atoms with Crippen molar-refractivity contribution in [1.82, 2.24) is 30.0 Å². The summed E-state index contributed by atoms with van der Waals surface area (Å²) in [7, 11) is 0. The SMILES string of the molecule is C=CC(=O)N1CC2(CCN(c3nc(N4CC(N5CC(F)C5)C4)nc4c(OCC(F)(F)F)c(-c5c(C)ccc6[nH]ncc56)c(C5CC5)cc34)CC2)C1. The lowest BCUT2D eigenvalue weighted by atomic mass is 9.72. The predicted octanol–water partition coefficient (Wildman–Crippen LogP) is 5.76. The highest BCUT2D eigenvalue weighted by atomic mass is 19.4. The monoisotopic (exact) mass is 704 g/mol. The molecule has 1 aliphatic carbocycles. The molecule has 1 N–H and O–H groups in total. The molecular formula is C37H40F4N8O2.